The van der Waals surface area contributed by atoms with Crippen molar-refractivity contribution in [3.63, 3.8) is 0 Å². The molecule has 5 heteroatoms. The van der Waals surface area contributed by atoms with E-state index in [0.717, 1.165) is 5.56 Å². The molecule has 0 saturated carbocycles. The third kappa shape index (κ3) is 4.01. The summed E-state index contributed by atoms with van der Waals surface area (Å²) in [5, 5.41) is 12.5. The molecule has 0 fully saturated rings. The van der Waals surface area contributed by atoms with Crippen molar-refractivity contribution in [2.75, 3.05) is 20.3 Å². The van der Waals surface area contributed by atoms with Gasteiger partial charge in [0.1, 0.15) is 6.61 Å². The fourth-order valence-electron chi connectivity index (χ4n) is 3.80. The van der Waals surface area contributed by atoms with Crippen LogP contribution in [0, 0.1) is 0 Å². The van der Waals surface area contributed by atoms with Gasteiger partial charge >= 0.3 is 6.09 Å². The number of alkyl carbamates (subject to hydrolysis) is 1. The highest BCUT2D eigenvalue weighted by molar-refractivity contribution is 5.79. The van der Waals surface area contributed by atoms with Crippen LogP contribution >= 0.6 is 0 Å². The first kappa shape index (κ1) is 19.6. The summed E-state index contributed by atoms with van der Waals surface area (Å²) >= 11 is 0. The summed E-state index contributed by atoms with van der Waals surface area (Å²) in [6, 6.07) is 21.6. The summed E-state index contributed by atoms with van der Waals surface area (Å²) in [4.78, 5) is 12.1. The number of carbonyl (C=O) groups excluding carboxylic acids is 1. The van der Waals surface area contributed by atoms with E-state index in [4.69, 9.17) is 9.47 Å². The van der Waals surface area contributed by atoms with Crippen molar-refractivity contribution in [3.05, 3.63) is 89.5 Å². The molecule has 3 aromatic rings. The van der Waals surface area contributed by atoms with Gasteiger partial charge in [-0.05, 0) is 39.9 Å². The molecule has 4 rings (SSSR count). The van der Waals surface area contributed by atoms with Crippen LogP contribution in [0.25, 0.3) is 17.2 Å². The van der Waals surface area contributed by atoms with E-state index in [1.54, 1.807) is 18.2 Å². The number of nitrogens with one attached hydrogen (secondary N) is 1. The van der Waals surface area contributed by atoms with Gasteiger partial charge in [-0.2, -0.15) is 0 Å². The second kappa shape index (κ2) is 8.74. The van der Waals surface area contributed by atoms with Crippen LogP contribution in [-0.4, -0.2) is 31.5 Å². The maximum atomic E-state index is 12.1. The van der Waals surface area contributed by atoms with Gasteiger partial charge in [0.05, 0.1) is 7.11 Å². The summed E-state index contributed by atoms with van der Waals surface area (Å²) in [5.41, 5.74) is 5.58. The molecule has 0 aliphatic heterocycles. The van der Waals surface area contributed by atoms with Crippen LogP contribution < -0.4 is 10.1 Å². The third-order valence-electron chi connectivity index (χ3n) is 5.22. The number of hydrogen-bond donors (Lipinski definition) is 2. The molecule has 1 aliphatic carbocycles. The Bertz CT molecular complexity index is 1040. The maximum Gasteiger partial charge on any atom is 0.407 e. The van der Waals surface area contributed by atoms with Crippen molar-refractivity contribution in [2.45, 2.75) is 5.92 Å². The maximum absolute atomic E-state index is 12.1. The average Bonchev–Trinajstić information content (AvgIpc) is 3.09. The second-order valence-corrected chi connectivity index (χ2v) is 7.04. The van der Waals surface area contributed by atoms with Gasteiger partial charge in [-0.15, -0.1) is 0 Å². The molecule has 0 heterocycles. The molecule has 1 aliphatic rings. The van der Waals surface area contributed by atoms with Gasteiger partial charge in [0, 0.05) is 12.5 Å². The van der Waals surface area contributed by atoms with E-state index in [-0.39, 0.29) is 18.3 Å². The number of aromatic hydroxyl groups is 1. The SMILES string of the molecule is COc1ccc(C=CCNC(=O)OCC2c3ccccc3-c3ccccc32)cc1O. The minimum atomic E-state index is -0.459. The van der Waals surface area contributed by atoms with E-state index in [1.165, 1.54) is 29.4 Å². The molecule has 0 atom stereocenters. The lowest BCUT2D eigenvalue weighted by Crippen LogP contribution is -2.26. The Kier molecular flexibility index (Phi) is 5.70. The zero-order valence-electron chi connectivity index (χ0n) is 16.7. The summed E-state index contributed by atoms with van der Waals surface area (Å²) < 4.78 is 10.5. The minimum Gasteiger partial charge on any atom is -0.504 e. The number of fused-ring (bicyclic) bond motifs is 3. The number of benzene rings is 3. The molecule has 2 N–H and O–H groups in total. The molecular weight excluding hydrogens is 378 g/mol. The molecule has 0 saturated heterocycles. The Morgan fingerprint density at radius 2 is 1.70 bits per heavy atom. The standard InChI is InChI=1S/C25H23NO4/c1-29-24-13-12-17(15-23(24)27)7-6-14-26-25(28)30-16-22-20-10-4-2-8-18(20)19-9-3-5-11-21(19)22/h2-13,15,22,27H,14,16H2,1H3,(H,26,28). The molecule has 0 unspecified atom stereocenters. The Hall–Kier alpha value is -3.73. The molecule has 0 aromatic heterocycles. The van der Waals surface area contributed by atoms with Crippen LogP contribution in [0.3, 0.4) is 0 Å². The molecule has 1 amide bonds. The quantitative estimate of drug-likeness (QED) is 0.613. The van der Waals surface area contributed by atoms with Gasteiger partial charge < -0.3 is 19.9 Å². The molecule has 152 valence electrons. The number of carbonyl (C=O) groups is 1. The summed E-state index contributed by atoms with van der Waals surface area (Å²) in [6.45, 7) is 0.611. The predicted octanol–water partition coefficient (Wildman–Crippen LogP) is 4.95. The van der Waals surface area contributed by atoms with Gasteiger partial charge in [-0.3, -0.25) is 0 Å². The molecule has 5 nitrogen and oxygen atoms in total. The fraction of sp³-hybridized carbons (Fsp3) is 0.160. The second-order valence-electron chi connectivity index (χ2n) is 7.04. The van der Waals surface area contributed by atoms with Crippen molar-refractivity contribution in [2.24, 2.45) is 0 Å². The van der Waals surface area contributed by atoms with E-state index in [2.05, 4.69) is 29.6 Å². The average molecular weight is 401 g/mol. The molecule has 0 radical (unpaired) electrons. The fourth-order valence-corrected chi connectivity index (χ4v) is 3.80. The Balaban J connectivity index is 1.32. The smallest absolute Gasteiger partial charge is 0.407 e. The first-order valence-corrected chi connectivity index (χ1v) is 9.80. The van der Waals surface area contributed by atoms with Gasteiger partial charge in [-0.25, -0.2) is 4.79 Å². The largest absolute Gasteiger partial charge is 0.504 e. The van der Waals surface area contributed by atoms with Gasteiger partial charge in [-0.1, -0.05) is 66.7 Å². The van der Waals surface area contributed by atoms with Crippen molar-refractivity contribution >= 4 is 12.2 Å². The van der Waals surface area contributed by atoms with Gasteiger partial charge in [0.15, 0.2) is 11.5 Å². The molecule has 30 heavy (non-hydrogen) atoms. The van der Waals surface area contributed by atoms with Crippen LogP contribution in [0.15, 0.2) is 72.8 Å². The highest BCUT2D eigenvalue weighted by Crippen LogP contribution is 2.44. The number of amides is 1. The van der Waals surface area contributed by atoms with Crippen molar-refractivity contribution in [1.82, 2.24) is 5.32 Å². The van der Waals surface area contributed by atoms with Crippen molar-refractivity contribution in [3.8, 4) is 22.6 Å². The minimum absolute atomic E-state index is 0.0426. The number of rotatable bonds is 6. The lowest BCUT2D eigenvalue weighted by molar-refractivity contribution is 0.144. The van der Waals surface area contributed by atoms with E-state index < -0.39 is 6.09 Å². The van der Waals surface area contributed by atoms with Crippen LogP contribution in [0.1, 0.15) is 22.6 Å². The number of phenolic OH excluding ortho intramolecular Hbond substituents is 1. The molecule has 0 spiro atoms. The van der Waals surface area contributed by atoms with E-state index in [0.29, 0.717) is 12.3 Å². The number of methoxy groups -OCH3 is 1. The first-order chi connectivity index (χ1) is 14.7. The van der Waals surface area contributed by atoms with E-state index in [9.17, 15) is 9.90 Å². The highest BCUT2D eigenvalue weighted by atomic mass is 16.5. The van der Waals surface area contributed by atoms with E-state index >= 15 is 0 Å². The monoisotopic (exact) mass is 401 g/mol. The normalized spacial score (nSPS) is 12.4. The Morgan fingerprint density at radius 1 is 1.03 bits per heavy atom. The Morgan fingerprint density at radius 3 is 2.33 bits per heavy atom. The van der Waals surface area contributed by atoms with Crippen LogP contribution in [0.5, 0.6) is 11.5 Å². The highest BCUT2D eigenvalue weighted by Gasteiger charge is 2.28. The van der Waals surface area contributed by atoms with E-state index in [1.807, 2.05) is 36.4 Å². The molecule has 0 bridgehead atoms. The third-order valence-corrected chi connectivity index (χ3v) is 5.22. The van der Waals surface area contributed by atoms with Gasteiger partial charge in [0.25, 0.3) is 0 Å². The first-order valence-electron chi connectivity index (χ1n) is 9.80. The number of hydrogen-bond acceptors (Lipinski definition) is 4. The van der Waals surface area contributed by atoms with Crippen LogP contribution in [-0.2, 0) is 4.74 Å². The van der Waals surface area contributed by atoms with Crippen molar-refractivity contribution < 1.29 is 19.4 Å². The van der Waals surface area contributed by atoms with Crippen molar-refractivity contribution in [1.29, 1.82) is 0 Å². The zero-order valence-corrected chi connectivity index (χ0v) is 16.7. The lowest BCUT2D eigenvalue weighted by Gasteiger charge is -2.14. The zero-order chi connectivity index (χ0) is 20.9. The van der Waals surface area contributed by atoms with Gasteiger partial charge in [0.2, 0.25) is 0 Å². The van der Waals surface area contributed by atoms with Crippen LogP contribution in [0.4, 0.5) is 4.79 Å². The summed E-state index contributed by atoms with van der Waals surface area (Å²) in [7, 11) is 1.50. The number of phenols is 1. The summed E-state index contributed by atoms with van der Waals surface area (Å²) in [6.07, 6.45) is 3.14. The summed E-state index contributed by atoms with van der Waals surface area (Å²) in [5.74, 6) is 0.536. The predicted molar refractivity (Wildman–Crippen MR) is 117 cm³/mol. The lowest BCUT2D eigenvalue weighted by atomic mass is 9.98. The molecular formula is C25H23NO4. The number of ether oxygens (including phenoxy) is 2. The van der Waals surface area contributed by atoms with Crippen LogP contribution in [0.2, 0.25) is 0 Å². The molecule has 3 aromatic carbocycles. The Labute approximate surface area is 175 Å². The topological polar surface area (TPSA) is 67.8 Å².